The van der Waals surface area contributed by atoms with E-state index in [0.29, 0.717) is 36.7 Å². The summed E-state index contributed by atoms with van der Waals surface area (Å²) in [4.78, 5) is 14.6. The van der Waals surface area contributed by atoms with Gasteiger partial charge >= 0.3 is 0 Å². The van der Waals surface area contributed by atoms with E-state index < -0.39 is 28.3 Å². The van der Waals surface area contributed by atoms with Crippen molar-refractivity contribution < 1.29 is 34.9 Å². The maximum atomic E-state index is 14.6. The summed E-state index contributed by atoms with van der Waals surface area (Å²) < 4.78 is 14.0. The topological polar surface area (TPSA) is 142 Å². The number of quaternary nitrogens is 1. The molecule has 6 aliphatic carbocycles. The van der Waals surface area contributed by atoms with Crippen LogP contribution in [0.25, 0.3) is 0 Å². The predicted molar refractivity (Wildman–Crippen MR) is 194 cm³/mol. The molecule has 286 valence electrons. The number of carbonyl (C=O) groups is 1. The van der Waals surface area contributed by atoms with Crippen molar-refractivity contribution in [3.8, 4) is 0 Å². The SMILES string of the molecule is CC1CCOC(C2OC2C(C)(O)C(C)(C)CCC2CC[NH2+]C(N)C2)(C2CC3CCC4=C5C6C(CCC7CC(O)CC(C4=O)C76C)CC2(C)C53O)C1. The minimum atomic E-state index is -1.05. The third-order valence-corrected chi connectivity index (χ3v) is 18.5. The number of hydrogen-bond acceptors (Lipinski definition) is 7. The maximum Gasteiger partial charge on any atom is 0.162 e. The highest BCUT2D eigenvalue weighted by Gasteiger charge is 2.79. The highest BCUT2D eigenvalue weighted by Crippen LogP contribution is 2.78. The lowest BCUT2D eigenvalue weighted by Gasteiger charge is -2.69. The molecule has 0 aromatic heterocycles. The molecule has 0 aromatic carbocycles. The molecule has 8 heteroatoms. The first-order valence-corrected chi connectivity index (χ1v) is 21.3. The molecule has 51 heavy (non-hydrogen) atoms. The van der Waals surface area contributed by atoms with Gasteiger partial charge in [0.05, 0.1) is 23.9 Å². The average molecular weight is 710 g/mol. The van der Waals surface area contributed by atoms with Crippen LogP contribution in [0, 0.1) is 63.6 Å². The number of piperidine rings is 1. The van der Waals surface area contributed by atoms with E-state index >= 15 is 0 Å². The molecule has 8 nitrogen and oxygen atoms in total. The number of carbonyl (C=O) groups excluding carboxylic acids is 1. The molecule has 7 fully saturated rings. The molecule has 9 rings (SSSR count). The lowest BCUT2D eigenvalue weighted by Crippen LogP contribution is -2.94. The van der Waals surface area contributed by atoms with E-state index in [1.54, 1.807) is 0 Å². The normalized spacial score (nSPS) is 54.5. The van der Waals surface area contributed by atoms with Gasteiger partial charge in [-0.15, -0.1) is 0 Å². The summed E-state index contributed by atoms with van der Waals surface area (Å²) in [6, 6.07) is 0. The molecule has 17 unspecified atom stereocenters. The van der Waals surface area contributed by atoms with E-state index in [0.717, 1.165) is 94.7 Å². The minimum Gasteiger partial charge on any atom is -0.393 e. The molecule has 7 N–H and O–H groups in total. The maximum absolute atomic E-state index is 14.6. The minimum absolute atomic E-state index is 0.0657. The summed E-state index contributed by atoms with van der Waals surface area (Å²) in [7, 11) is 0. The molecular weight excluding hydrogens is 640 g/mol. The monoisotopic (exact) mass is 710 g/mol. The summed E-state index contributed by atoms with van der Waals surface area (Å²) in [5.74, 6) is 2.26. The van der Waals surface area contributed by atoms with Crippen LogP contribution in [0.2, 0.25) is 0 Å². The third-order valence-electron chi connectivity index (χ3n) is 18.5. The van der Waals surface area contributed by atoms with Crippen molar-refractivity contribution >= 4 is 5.78 Å². The number of nitrogens with two attached hydrogens (primary N) is 2. The Hall–Kier alpha value is -0.870. The van der Waals surface area contributed by atoms with Crippen molar-refractivity contribution in [2.45, 2.75) is 173 Å². The van der Waals surface area contributed by atoms with Gasteiger partial charge in [0, 0.05) is 24.4 Å². The molecule has 3 aliphatic heterocycles. The zero-order valence-electron chi connectivity index (χ0n) is 32.5. The number of rotatable bonds is 7. The number of Topliss-reactive ketones (excluding diaryl/α,β-unsaturated/α-hetero) is 1. The summed E-state index contributed by atoms with van der Waals surface area (Å²) in [5.41, 5.74) is 4.66. The van der Waals surface area contributed by atoms with Crippen LogP contribution in [0.5, 0.6) is 0 Å². The van der Waals surface area contributed by atoms with Gasteiger partial charge in [-0.05, 0) is 154 Å². The van der Waals surface area contributed by atoms with Crippen molar-refractivity contribution in [1.82, 2.24) is 0 Å². The van der Waals surface area contributed by atoms with Gasteiger partial charge in [-0.2, -0.15) is 0 Å². The van der Waals surface area contributed by atoms with Crippen LogP contribution >= 0.6 is 0 Å². The summed E-state index contributed by atoms with van der Waals surface area (Å²) in [6.45, 7) is 15.3. The fourth-order valence-electron chi connectivity index (χ4n) is 15.4. The van der Waals surface area contributed by atoms with Crippen molar-refractivity contribution in [3.05, 3.63) is 11.1 Å². The van der Waals surface area contributed by atoms with E-state index in [9.17, 15) is 20.1 Å². The second kappa shape index (κ2) is 11.6. The Balaban J connectivity index is 1.07. The zero-order valence-corrected chi connectivity index (χ0v) is 32.5. The van der Waals surface area contributed by atoms with Crippen LogP contribution < -0.4 is 11.1 Å². The smallest absolute Gasteiger partial charge is 0.162 e. The van der Waals surface area contributed by atoms with Crippen molar-refractivity contribution in [2.75, 3.05) is 13.2 Å². The Labute approximate surface area is 306 Å². The first-order valence-electron chi connectivity index (χ1n) is 21.3. The Morgan fingerprint density at radius 3 is 2.53 bits per heavy atom. The highest BCUT2D eigenvalue weighted by molar-refractivity contribution is 6.00. The number of ether oxygens (including phenoxy) is 2. The molecule has 0 radical (unpaired) electrons. The van der Waals surface area contributed by atoms with Crippen molar-refractivity contribution in [2.24, 2.45) is 69.3 Å². The number of hydrogen-bond donors (Lipinski definition) is 5. The molecular formula is C43H69N2O6+. The van der Waals surface area contributed by atoms with E-state index in [1.807, 2.05) is 6.92 Å². The largest absolute Gasteiger partial charge is 0.393 e. The Kier molecular flexibility index (Phi) is 8.13. The molecule has 4 saturated carbocycles. The first kappa shape index (κ1) is 35.8. The molecule has 0 spiro atoms. The Morgan fingerprint density at radius 2 is 1.78 bits per heavy atom. The fraction of sp³-hybridized carbons (Fsp3) is 0.930. The van der Waals surface area contributed by atoms with E-state index in [2.05, 4.69) is 39.9 Å². The lowest BCUT2D eigenvalue weighted by atomic mass is 9.36. The highest BCUT2D eigenvalue weighted by atomic mass is 16.6. The number of allylic oxidation sites excluding steroid dienone is 1. The van der Waals surface area contributed by atoms with Gasteiger partial charge in [-0.3, -0.25) is 10.5 Å². The summed E-state index contributed by atoms with van der Waals surface area (Å²) in [5, 5.41) is 39.4. The van der Waals surface area contributed by atoms with Gasteiger partial charge in [-0.1, -0.05) is 34.6 Å². The molecule has 9 aliphatic rings. The van der Waals surface area contributed by atoms with Gasteiger partial charge in [0.25, 0.3) is 0 Å². The predicted octanol–water partition coefficient (Wildman–Crippen LogP) is 4.62. The molecule has 3 heterocycles. The fourth-order valence-corrected chi connectivity index (χ4v) is 15.4. The summed E-state index contributed by atoms with van der Waals surface area (Å²) in [6.07, 6.45) is 12.2. The van der Waals surface area contributed by atoms with Crippen molar-refractivity contribution in [3.63, 3.8) is 0 Å². The molecule has 0 aromatic rings. The number of aliphatic hydroxyl groups excluding tert-OH is 1. The zero-order chi connectivity index (χ0) is 36.1. The molecule has 0 amide bonds. The number of epoxide rings is 1. The van der Waals surface area contributed by atoms with Crippen LogP contribution in [0.3, 0.4) is 0 Å². The number of aliphatic hydroxyl groups is 3. The van der Waals surface area contributed by atoms with E-state index in [1.165, 1.54) is 6.42 Å². The summed E-state index contributed by atoms with van der Waals surface area (Å²) >= 11 is 0. The van der Waals surface area contributed by atoms with Gasteiger partial charge < -0.3 is 30.1 Å². The second-order valence-corrected chi connectivity index (χ2v) is 21.3. The average Bonchev–Trinajstić information content (AvgIpc) is 3.85. The molecule has 0 bridgehead atoms. The van der Waals surface area contributed by atoms with Gasteiger partial charge in [0.15, 0.2) is 5.78 Å². The molecule has 3 saturated heterocycles. The third kappa shape index (κ3) is 4.72. The second-order valence-electron chi connectivity index (χ2n) is 21.3. The van der Waals surface area contributed by atoms with Crippen LogP contribution in [-0.4, -0.2) is 75.5 Å². The Morgan fingerprint density at radius 1 is 1.00 bits per heavy atom. The van der Waals surface area contributed by atoms with Crippen LogP contribution in [-0.2, 0) is 14.3 Å². The van der Waals surface area contributed by atoms with E-state index in [-0.39, 0.29) is 58.7 Å². The quantitative estimate of drug-likeness (QED) is 0.243. The standard InChI is InChI=1S/C43H68N2O6/c1-23-13-16-50-42(21-23,37-36(51-37)41(6,48)38(2,3)14-11-24-12-15-45-32(44)17-24)31-19-27-9-10-29-34-33-25(22-39(31,4)43(27,34)49)7-8-26-18-28(46)20-30(35(29)47)40(26,33)5/h23-28,30-33,36-37,45-46,48-49H,7-22,44H2,1-6H3/p+1. The van der Waals surface area contributed by atoms with Crippen LogP contribution in [0.15, 0.2) is 11.1 Å². The first-order chi connectivity index (χ1) is 24.0. The van der Waals surface area contributed by atoms with Gasteiger partial charge in [0.2, 0.25) is 0 Å². The van der Waals surface area contributed by atoms with E-state index in [4.69, 9.17) is 15.2 Å². The molecule has 17 atom stereocenters. The number of ketones is 1. The van der Waals surface area contributed by atoms with Crippen molar-refractivity contribution in [1.29, 1.82) is 0 Å². The van der Waals surface area contributed by atoms with Crippen LogP contribution in [0.1, 0.15) is 131 Å². The van der Waals surface area contributed by atoms with Gasteiger partial charge in [-0.25, -0.2) is 0 Å². The Bertz CT molecular complexity index is 1480. The van der Waals surface area contributed by atoms with Crippen LogP contribution in [0.4, 0.5) is 0 Å². The lowest BCUT2D eigenvalue weighted by molar-refractivity contribution is -0.699. The van der Waals surface area contributed by atoms with Gasteiger partial charge in [0.1, 0.15) is 24.0 Å².